The minimum absolute atomic E-state index is 0.150. The Kier molecular flexibility index (Phi) is 6.53. The molecule has 0 saturated carbocycles. The van der Waals surface area contributed by atoms with Gasteiger partial charge in [-0.25, -0.2) is 9.48 Å². The molecule has 2 rings (SSSR count). The zero-order chi connectivity index (χ0) is 19.3. The van der Waals surface area contributed by atoms with E-state index < -0.39 is 18.1 Å². The number of pyridine rings is 1. The summed E-state index contributed by atoms with van der Waals surface area (Å²) in [6.07, 6.45) is 3.08. The Morgan fingerprint density at radius 2 is 2.15 bits per heavy atom. The zero-order valence-electron chi connectivity index (χ0n) is 14.9. The largest absolute Gasteiger partial charge is 0.435 e. The number of halogens is 1. The Hall–Kier alpha value is -2.65. The summed E-state index contributed by atoms with van der Waals surface area (Å²) in [7, 11) is 2.70. The Bertz CT molecular complexity index is 767. The molecule has 10 heteroatoms. The average Bonchev–Trinajstić information content (AvgIpc) is 3.03. The number of hydrogen-bond acceptors (Lipinski definition) is 6. The van der Waals surface area contributed by atoms with Gasteiger partial charge in [0, 0.05) is 19.8 Å². The molecule has 0 aliphatic carbocycles. The van der Waals surface area contributed by atoms with Crippen molar-refractivity contribution in [2.75, 3.05) is 25.6 Å². The molecule has 1 atom stereocenters. The fourth-order valence-corrected chi connectivity index (χ4v) is 2.39. The van der Waals surface area contributed by atoms with Gasteiger partial charge in [0.15, 0.2) is 11.3 Å². The van der Waals surface area contributed by atoms with Crippen molar-refractivity contribution < 1.29 is 19.2 Å². The molecule has 9 nitrogen and oxygen atoms in total. The number of hydrogen-bond donors (Lipinski definition) is 0. The topological polar surface area (TPSA) is 89.8 Å². The molecule has 0 bridgehead atoms. The van der Waals surface area contributed by atoms with Crippen LogP contribution < -0.4 is 4.90 Å². The molecule has 2 aromatic rings. The van der Waals surface area contributed by atoms with Crippen molar-refractivity contribution in [3.05, 3.63) is 35.9 Å². The van der Waals surface area contributed by atoms with Crippen LogP contribution in [0.3, 0.4) is 0 Å². The summed E-state index contributed by atoms with van der Waals surface area (Å²) in [5, 5.41) is 5.24. The monoisotopic (exact) mass is 381 g/mol. The van der Waals surface area contributed by atoms with Gasteiger partial charge in [-0.15, -0.1) is 0 Å². The Balaban J connectivity index is 2.21. The van der Waals surface area contributed by atoms with Crippen molar-refractivity contribution in [2.45, 2.75) is 20.0 Å². The van der Waals surface area contributed by atoms with E-state index in [0.717, 1.165) is 5.06 Å². The molecule has 0 saturated heterocycles. The summed E-state index contributed by atoms with van der Waals surface area (Å²) in [5.74, 6) is -0.432. The number of aromatic nitrogens is 3. The van der Waals surface area contributed by atoms with Crippen LogP contribution >= 0.6 is 11.6 Å². The molecule has 0 aliphatic rings. The van der Waals surface area contributed by atoms with Crippen molar-refractivity contribution in [1.82, 2.24) is 19.8 Å². The van der Waals surface area contributed by atoms with Gasteiger partial charge in [0.25, 0.3) is 5.91 Å². The number of ether oxygens (including phenoxy) is 1. The lowest BCUT2D eigenvalue weighted by atomic mass is 10.3. The fraction of sp³-hybridized carbons (Fsp3) is 0.375. The molecular weight excluding hydrogens is 362 g/mol. The number of carbonyl (C=O) groups is 2. The van der Waals surface area contributed by atoms with Gasteiger partial charge in [-0.2, -0.15) is 10.2 Å². The van der Waals surface area contributed by atoms with E-state index in [-0.39, 0.29) is 5.15 Å². The summed E-state index contributed by atoms with van der Waals surface area (Å²) in [6.45, 7) is 3.58. The lowest BCUT2D eigenvalue weighted by Crippen LogP contribution is -2.41. The van der Waals surface area contributed by atoms with E-state index in [1.807, 2.05) is 6.07 Å². The molecule has 0 N–H and O–H groups in total. The van der Waals surface area contributed by atoms with E-state index in [9.17, 15) is 9.59 Å². The van der Waals surface area contributed by atoms with Gasteiger partial charge in [0.2, 0.25) is 0 Å². The first kappa shape index (κ1) is 19.7. The third-order valence-corrected chi connectivity index (χ3v) is 3.86. The van der Waals surface area contributed by atoms with Gasteiger partial charge in [0.05, 0.1) is 25.2 Å². The quantitative estimate of drug-likeness (QED) is 0.713. The molecule has 140 valence electrons. The molecule has 0 fully saturated rings. The van der Waals surface area contributed by atoms with Gasteiger partial charge in [-0.3, -0.25) is 14.6 Å². The van der Waals surface area contributed by atoms with Crippen LogP contribution in [0.1, 0.15) is 13.8 Å². The Morgan fingerprint density at radius 1 is 1.42 bits per heavy atom. The normalized spacial score (nSPS) is 11.7. The third kappa shape index (κ3) is 4.30. The molecule has 0 radical (unpaired) electrons. The van der Waals surface area contributed by atoms with Gasteiger partial charge in [-0.05, 0) is 26.0 Å². The highest BCUT2D eigenvalue weighted by molar-refractivity contribution is 6.32. The van der Waals surface area contributed by atoms with Gasteiger partial charge < -0.3 is 9.64 Å². The summed E-state index contributed by atoms with van der Waals surface area (Å²) in [4.78, 5) is 34.6. The van der Waals surface area contributed by atoms with Crippen LogP contribution in [0.5, 0.6) is 0 Å². The van der Waals surface area contributed by atoms with Crippen LogP contribution in [0.25, 0.3) is 5.69 Å². The minimum atomic E-state index is -1.03. The van der Waals surface area contributed by atoms with E-state index in [1.54, 1.807) is 31.6 Å². The summed E-state index contributed by atoms with van der Waals surface area (Å²) < 4.78 is 6.61. The highest BCUT2D eigenvalue weighted by Crippen LogP contribution is 2.26. The van der Waals surface area contributed by atoms with Crippen molar-refractivity contribution in [2.24, 2.45) is 0 Å². The predicted octanol–water partition coefficient (Wildman–Crippen LogP) is 2.29. The molecule has 0 spiro atoms. The van der Waals surface area contributed by atoms with E-state index in [4.69, 9.17) is 21.2 Å². The molecule has 2 amide bonds. The first-order valence-corrected chi connectivity index (χ1v) is 8.22. The molecule has 0 aromatic carbocycles. The van der Waals surface area contributed by atoms with Crippen molar-refractivity contribution in [1.29, 1.82) is 0 Å². The number of likely N-dealkylation sites (N-methyl/N-ethyl adjacent to an activating group) is 1. The van der Waals surface area contributed by atoms with Gasteiger partial charge >= 0.3 is 6.09 Å². The van der Waals surface area contributed by atoms with Gasteiger partial charge in [-0.1, -0.05) is 11.6 Å². The standard InChI is InChI=1S/C16H20ClN5O4/c1-5-21(15(23)11(2)26-16(24)20(3)25-4)13-10-22(19-14(13)17)12-7-6-8-18-9-12/h6-11H,5H2,1-4H3. The summed E-state index contributed by atoms with van der Waals surface area (Å²) >= 11 is 6.21. The van der Waals surface area contributed by atoms with Crippen LogP contribution in [-0.2, 0) is 14.4 Å². The van der Waals surface area contributed by atoms with Gasteiger partial charge in [0.1, 0.15) is 5.69 Å². The number of amides is 2. The van der Waals surface area contributed by atoms with E-state index in [1.165, 1.54) is 30.7 Å². The Morgan fingerprint density at radius 3 is 2.73 bits per heavy atom. The molecular formula is C16H20ClN5O4. The number of nitrogens with zero attached hydrogens (tertiary/aromatic N) is 5. The number of hydroxylamine groups is 2. The van der Waals surface area contributed by atoms with E-state index >= 15 is 0 Å². The average molecular weight is 382 g/mol. The second kappa shape index (κ2) is 8.63. The first-order chi connectivity index (χ1) is 12.4. The maximum absolute atomic E-state index is 12.7. The highest BCUT2D eigenvalue weighted by atomic mass is 35.5. The lowest BCUT2D eigenvalue weighted by Gasteiger charge is -2.24. The third-order valence-electron chi connectivity index (χ3n) is 3.59. The van der Waals surface area contributed by atoms with Crippen molar-refractivity contribution in [3.8, 4) is 5.69 Å². The molecule has 1 unspecified atom stereocenters. The van der Waals surface area contributed by atoms with E-state index in [2.05, 4.69) is 10.1 Å². The lowest BCUT2D eigenvalue weighted by molar-refractivity contribution is -0.131. The molecule has 2 heterocycles. The molecule has 0 aliphatic heterocycles. The second-order valence-electron chi connectivity index (χ2n) is 5.25. The van der Waals surface area contributed by atoms with Crippen molar-refractivity contribution >= 4 is 29.3 Å². The van der Waals surface area contributed by atoms with Crippen LogP contribution in [-0.4, -0.2) is 58.6 Å². The second-order valence-corrected chi connectivity index (χ2v) is 5.61. The maximum atomic E-state index is 12.7. The number of anilines is 1. The number of carbonyl (C=O) groups excluding carboxylic acids is 2. The molecule has 26 heavy (non-hydrogen) atoms. The first-order valence-electron chi connectivity index (χ1n) is 7.84. The minimum Gasteiger partial charge on any atom is -0.435 e. The van der Waals surface area contributed by atoms with Crippen LogP contribution in [0.4, 0.5) is 10.5 Å². The summed E-state index contributed by atoms with van der Waals surface area (Å²) in [6, 6.07) is 3.57. The maximum Gasteiger partial charge on any atom is 0.434 e. The predicted molar refractivity (Wildman–Crippen MR) is 95.1 cm³/mol. The van der Waals surface area contributed by atoms with Crippen molar-refractivity contribution in [3.63, 3.8) is 0 Å². The SMILES string of the molecule is CCN(C(=O)C(C)OC(=O)N(C)OC)c1cn(-c2cccnc2)nc1Cl. The highest BCUT2D eigenvalue weighted by Gasteiger charge is 2.28. The zero-order valence-corrected chi connectivity index (χ0v) is 15.7. The smallest absolute Gasteiger partial charge is 0.434 e. The Labute approximate surface area is 156 Å². The fourth-order valence-electron chi connectivity index (χ4n) is 2.16. The number of rotatable bonds is 6. The summed E-state index contributed by atoms with van der Waals surface area (Å²) in [5.41, 5.74) is 1.11. The van der Waals surface area contributed by atoms with Crippen LogP contribution in [0.15, 0.2) is 30.7 Å². The van der Waals surface area contributed by atoms with E-state index in [0.29, 0.717) is 17.9 Å². The van der Waals surface area contributed by atoms with Crippen LogP contribution in [0, 0.1) is 0 Å². The van der Waals surface area contributed by atoms with Crippen LogP contribution in [0.2, 0.25) is 5.15 Å². The molecule has 2 aromatic heterocycles.